The van der Waals surface area contributed by atoms with Gasteiger partial charge >= 0.3 is 0 Å². The van der Waals surface area contributed by atoms with E-state index in [1.165, 1.54) is 12.8 Å². The average Bonchev–Trinajstić information content (AvgIpc) is 2.56. The molecule has 1 fully saturated rings. The molecule has 0 N–H and O–H groups in total. The second kappa shape index (κ2) is 5.30. The van der Waals surface area contributed by atoms with Crippen molar-refractivity contribution in [1.29, 1.82) is 0 Å². The molecule has 0 aliphatic carbocycles. The van der Waals surface area contributed by atoms with E-state index in [-0.39, 0.29) is 5.91 Å². The number of carbonyl (C=O) groups is 1. The summed E-state index contributed by atoms with van der Waals surface area (Å²) in [6.07, 6.45) is 4.61. The van der Waals surface area contributed by atoms with Crippen LogP contribution in [-0.4, -0.2) is 28.9 Å². The summed E-state index contributed by atoms with van der Waals surface area (Å²) in [5.41, 5.74) is 0.453. The molecular formula is C12H15ClN2O. The standard InChI is InChI=1S/C12H15ClN2O/c13-11-7-5-6-10(14-11)12(16)15-8-3-1-2-4-9-15/h5-7H,1-4,8-9H2. The third-order valence-electron chi connectivity index (χ3n) is 2.83. The van der Waals surface area contributed by atoms with Crippen LogP contribution in [0.2, 0.25) is 5.15 Å². The number of carbonyl (C=O) groups excluding carboxylic acids is 1. The summed E-state index contributed by atoms with van der Waals surface area (Å²) in [7, 11) is 0. The van der Waals surface area contributed by atoms with E-state index < -0.39 is 0 Å². The first kappa shape index (κ1) is 11.4. The summed E-state index contributed by atoms with van der Waals surface area (Å²) in [6.45, 7) is 1.68. The van der Waals surface area contributed by atoms with Crippen LogP contribution in [0.3, 0.4) is 0 Å². The van der Waals surface area contributed by atoms with E-state index in [9.17, 15) is 4.79 Å². The summed E-state index contributed by atoms with van der Waals surface area (Å²) in [5, 5.41) is 0.376. The maximum absolute atomic E-state index is 12.1. The fraction of sp³-hybridized carbons (Fsp3) is 0.500. The Morgan fingerprint density at radius 2 is 1.88 bits per heavy atom. The van der Waals surface area contributed by atoms with Crippen molar-refractivity contribution in [2.45, 2.75) is 25.7 Å². The molecule has 2 heterocycles. The lowest BCUT2D eigenvalue weighted by molar-refractivity contribution is 0.0756. The third kappa shape index (κ3) is 2.73. The van der Waals surface area contributed by atoms with Gasteiger partial charge in [-0.25, -0.2) is 4.98 Å². The molecule has 1 amide bonds. The SMILES string of the molecule is O=C(c1cccc(Cl)n1)N1CCCCCC1. The van der Waals surface area contributed by atoms with Gasteiger partial charge in [-0.2, -0.15) is 0 Å². The van der Waals surface area contributed by atoms with Gasteiger partial charge in [-0.3, -0.25) is 4.79 Å². The van der Waals surface area contributed by atoms with Crippen molar-refractivity contribution in [2.24, 2.45) is 0 Å². The maximum atomic E-state index is 12.1. The van der Waals surface area contributed by atoms with Crippen molar-refractivity contribution >= 4 is 17.5 Å². The van der Waals surface area contributed by atoms with Crippen LogP contribution in [0.5, 0.6) is 0 Å². The molecule has 0 spiro atoms. The normalized spacial score (nSPS) is 16.9. The first-order valence-electron chi connectivity index (χ1n) is 5.69. The second-order valence-electron chi connectivity index (χ2n) is 4.05. The summed E-state index contributed by atoms with van der Waals surface area (Å²) < 4.78 is 0. The van der Waals surface area contributed by atoms with Crippen molar-refractivity contribution in [3.63, 3.8) is 0 Å². The number of hydrogen-bond acceptors (Lipinski definition) is 2. The predicted octanol–water partition coefficient (Wildman–Crippen LogP) is 2.75. The van der Waals surface area contributed by atoms with E-state index in [1.54, 1.807) is 18.2 Å². The van der Waals surface area contributed by atoms with Gasteiger partial charge in [0.2, 0.25) is 0 Å². The zero-order chi connectivity index (χ0) is 11.4. The Bertz CT molecular complexity index is 373. The van der Waals surface area contributed by atoms with Gasteiger partial charge in [-0.15, -0.1) is 0 Å². The van der Waals surface area contributed by atoms with Gasteiger partial charge < -0.3 is 4.90 Å². The number of halogens is 1. The molecular weight excluding hydrogens is 224 g/mol. The third-order valence-corrected chi connectivity index (χ3v) is 3.04. The summed E-state index contributed by atoms with van der Waals surface area (Å²) >= 11 is 5.78. The number of aromatic nitrogens is 1. The lowest BCUT2D eigenvalue weighted by Gasteiger charge is -2.19. The Morgan fingerprint density at radius 3 is 2.50 bits per heavy atom. The van der Waals surface area contributed by atoms with Gasteiger partial charge in [0.1, 0.15) is 10.8 Å². The highest BCUT2D eigenvalue weighted by atomic mass is 35.5. The van der Waals surface area contributed by atoms with Crippen LogP contribution >= 0.6 is 11.6 Å². The average molecular weight is 239 g/mol. The van der Waals surface area contributed by atoms with Crippen LogP contribution in [0.1, 0.15) is 36.2 Å². The van der Waals surface area contributed by atoms with Gasteiger partial charge in [0, 0.05) is 13.1 Å². The van der Waals surface area contributed by atoms with Crippen LogP contribution in [-0.2, 0) is 0 Å². The monoisotopic (exact) mass is 238 g/mol. The summed E-state index contributed by atoms with van der Waals surface area (Å²) in [5.74, 6) is 0.00407. The van der Waals surface area contributed by atoms with Crippen molar-refractivity contribution in [3.8, 4) is 0 Å². The molecule has 86 valence electrons. The number of nitrogens with zero attached hydrogens (tertiary/aromatic N) is 2. The smallest absolute Gasteiger partial charge is 0.272 e. The molecule has 1 aliphatic rings. The summed E-state index contributed by atoms with van der Waals surface area (Å²) in [4.78, 5) is 18.0. The van der Waals surface area contributed by atoms with Crippen molar-refractivity contribution < 1.29 is 4.79 Å². The molecule has 0 unspecified atom stereocenters. The predicted molar refractivity (Wildman–Crippen MR) is 63.6 cm³/mol. The molecule has 1 aromatic rings. The molecule has 4 heteroatoms. The van der Waals surface area contributed by atoms with Gasteiger partial charge in [-0.1, -0.05) is 30.5 Å². The van der Waals surface area contributed by atoms with E-state index in [2.05, 4.69) is 4.98 Å². The highest BCUT2D eigenvalue weighted by Crippen LogP contribution is 2.13. The first-order valence-corrected chi connectivity index (χ1v) is 6.07. The number of likely N-dealkylation sites (tertiary alicyclic amines) is 1. The zero-order valence-electron chi connectivity index (χ0n) is 9.16. The minimum absolute atomic E-state index is 0.00407. The molecule has 2 rings (SSSR count). The highest BCUT2D eigenvalue weighted by molar-refractivity contribution is 6.29. The van der Waals surface area contributed by atoms with Crippen molar-refractivity contribution in [1.82, 2.24) is 9.88 Å². The quantitative estimate of drug-likeness (QED) is 0.705. The lowest BCUT2D eigenvalue weighted by Crippen LogP contribution is -2.32. The Kier molecular flexibility index (Phi) is 3.78. The van der Waals surface area contributed by atoms with E-state index in [1.807, 2.05) is 4.90 Å². The van der Waals surface area contributed by atoms with Crippen LogP contribution in [0, 0.1) is 0 Å². The number of amides is 1. The van der Waals surface area contributed by atoms with Gasteiger partial charge in [0.05, 0.1) is 0 Å². The largest absolute Gasteiger partial charge is 0.337 e. The minimum atomic E-state index is 0.00407. The van der Waals surface area contributed by atoms with Crippen molar-refractivity contribution in [2.75, 3.05) is 13.1 Å². The van der Waals surface area contributed by atoms with Crippen LogP contribution in [0.25, 0.3) is 0 Å². The summed E-state index contributed by atoms with van der Waals surface area (Å²) in [6, 6.07) is 5.17. The molecule has 0 aromatic carbocycles. The molecule has 1 aromatic heterocycles. The fourth-order valence-electron chi connectivity index (χ4n) is 1.96. The van der Waals surface area contributed by atoms with E-state index in [0.29, 0.717) is 10.8 Å². The first-order chi connectivity index (χ1) is 7.77. The van der Waals surface area contributed by atoms with Crippen LogP contribution < -0.4 is 0 Å². The zero-order valence-corrected chi connectivity index (χ0v) is 9.91. The van der Waals surface area contributed by atoms with Crippen molar-refractivity contribution in [3.05, 3.63) is 29.0 Å². The van der Waals surface area contributed by atoms with E-state index in [0.717, 1.165) is 25.9 Å². The maximum Gasteiger partial charge on any atom is 0.272 e. The van der Waals surface area contributed by atoms with E-state index >= 15 is 0 Å². The Balaban J connectivity index is 2.11. The number of pyridine rings is 1. The molecule has 3 nitrogen and oxygen atoms in total. The van der Waals surface area contributed by atoms with Crippen LogP contribution in [0.15, 0.2) is 18.2 Å². The minimum Gasteiger partial charge on any atom is -0.337 e. The Hall–Kier alpha value is -1.09. The van der Waals surface area contributed by atoms with Gasteiger partial charge in [0.15, 0.2) is 0 Å². The second-order valence-corrected chi connectivity index (χ2v) is 4.44. The lowest BCUT2D eigenvalue weighted by atomic mass is 10.2. The van der Waals surface area contributed by atoms with Gasteiger partial charge in [0.25, 0.3) is 5.91 Å². The molecule has 16 heavy (non-hydrogen) atoms. The topological polar surface area (TPSA) is 33.2 Å². The molecule has 0 atom stereocenters. The molecule has 0 bridgehead atoms. The Morgan fingerprint density at radius 1 is 1.19 bits per heavy atom. The molecule has 0 saturated carbocycles. The highest BCUT2D eigenvalue weighted by Gasteiger charge is 2.18. The molecule has 0 radical (unpaired) electrons. The molecule has 1 saturated heterocycles. The Labute approximate surface area is 100 Å². The van der Waals surface area contributed by atoms with Crippen LogP contribution in [0.4, 0.5) is 0 Å². The fourth-order valence-corrected chi connectivity index (χ4v) is 2.13. The molecule has 1 aliphatic heterocycles. The number of rotatable bonds is 1. The number of hydrogen-bond donors (Lipinski definition) is 0. The van der Waals surface area contributed by atoms with Gasteiger partial charge in [-0.05, 0) is 25.0 Å². The van der Waals surface area contributed by atoms with E-state index in [4.69, 9.17) is 11.6 Å².